The summed E-state index contributed by atoms with van der Waals surface area (Å²) in [5, 5.41) is 4.36. The molecule has 1 aliphatic heterocycles. The highest BCUT2D eigenvalue weighted by atomic mass is 16.5. The van der Waals surface area contributed by atoms with E-state index in [1.54, 1.807) is 18.0 Å². The Morgan fingerprint density at radius 2 is 1.67 bits per heavy atom. The number of likely N-dealkylation sites (N-methyl/N-ethyl adjacent to an activating group) is 1. The normalized spacial score (nSPS) is 17.5. The molecule has 0 atom stereocenters. The average molecular weight is 644 g/mol. The van der Waals surface area contributed by atoms with Crippen molar-refractivity contribution in [3.05, 3.63) is 95.1 Å². The number of esters is 1. The molecule has 0 radical (unpaired) electrons. The molecule has 7 rings (SSSR count). The number of amides is 2. The molecule has 7 heteroatoms. The largest absolute Gasteiger partial charge is 0.466 e. The average Bonchev–Trinajstić information content (AvgIpc) is 3.70. The summed E-state index contributed by atoms with van der Waals surface area (Å²) in [6, 6.07) is 22.4. The summed E-state index contributed by atoms with van der Waals surface area (Å²) in [5.41, 5.74) is 7.85. The Balaban J connectivity index is 1.20. The molecule has 2 saturated carbocycles. The van der Waals surface area contributed by atoms with Crippen LogP contribution in [0.3, 0.4) is 0 Å². The number of methoxy groups -OCH3 is 1. The van der Waals surface area contributed by atoms with E-state index in [9.17, 15) is 14.4 Å². The standard InChI is InChI=1S/C41H45N3O4/c1-43(41(24-8-9-25-41)40(47)42-32-20-16-28(17-21-32)18-23-36(45)48-2)39(46)31-19-22-34-35(27-31)44-26-10-14-29-11-6-7-15-33(29)38(44)37(34)30-12-4-3-5-13-30/h6-7,11,15-23,27,30H,3-5,8-10,12-14,24-26H2,1-2H3,(H,42,47). The van der Waals surface area contributed by atoms with E-state index in [1.807, 2.05) is 30.3 Å². The first kappa shape index (κ1) is 31.9. The first-order valence-electron chi connectivity index (χ1n) is 17.6. The summed E-state index contributed by atoms with van der Waals surface area (Å²) in [4.78, 5) is 41.5. The van der Waals surface area contributed by atoms with Crippen LogP contribution in [0, 0.1) is 0 Å². The minimum Gasteiger partial charge on any atom is -0.466 e. The van der Waals surface area contributed by atoms with E-state index in [4.69, 9.17) is 0 Å². The van der Waals surface area contributed by atoms with E-state index in [-0.39, 0.29) is 11.8 Å². The molecule has 248 valence electrons. The number of rotatable bonds is 7. The number of hydrogen-bond donors (Lipinski definition) is 1. The van der Waals surface area contributed by atoms with Crippen LogP contribution in [-0.2, 0) is 27.3 Å². The minimum absolute atomic E-state index is 0.124. The van der Waals surface area contributed by atoms with Gasteiger partial charge in [-0.15, -0.1) is 0 Å². The Hall–Kier alpha value is -4.65. The Kier molecular flexibility index (Phi) is 8.95. The van der Waals surface area contributed by atoms with Crippen LogP contribution < -0.4 is 5.32 Å². The first-order chi connectivity index (χ1) is 23.4. The second-order valence-electron chi connectivity index (χ2n) is 13.8. The molecule has 0 bridgehead atoms. The van der Waals surface area contributed by atoms with Crippen molar-refractivity contribution in [2.24, 2.45) is 0 Å². The van der Waals surface area contributed by atoms with E-state index in [1.165, 1.54) is 73.1 Å². The van der Waals surface area contributed by atoms with Crippen molar-refractivity contribution in [1.29, 1.82) is 0 Å². The Labute approximate surface area is 283 Å². The smallest absolute Gasteiger partial charge is 0.330 e. The van der Waals surface area contributed by atoms with Gasteiger partial charge in [0.2, 0.25) is 5.91 Å². The van der Waals surface area contributed by atoms with Crippen LogP contribution in [0.15, 0.2) is 72.8 Å². The zero-order valence-corrected chi connectivity index (χ0v) is 28.1. The molecule has 7 nitrogen and oxygen atoms in total. The third kappa shape index (κ3) is 5.84. The summed E-state index contributed by atoms with van der Waals surface area (Å²) in [7, 11) is 3.13. The number of carbonyl (C=O) groups is 3. The number of nitrogens with zero attached hydrogens (tertiary/aromatic N) is 2. The zero-order chi connectivity index (χ0) is 33.3. The van der Waals surface area contributed by atoms with Crippen molar-refractivity contribution < 1.29 is 19.1 Å². The molecular weight excluding hydrogens is 598 g/mol. The van der Waals surface area contributed by atoms with E-state index in [0.29, 0.717) is 30.0 Å². The molecule has 4 aromatic rings. The second-order valence-corrected chi connectivity index (χ2v) is 13.8. The highest BCUT2D eigenvalue weighted by Gasteiger charge is 2.47. The van der Waals surface area contributed by atoms with Gasteiger partial charge in [0, 0.05) is 47.4 Å². The van der Waals surface area contributed by atoms with Crippen LogP contribution in [0.5, 0.6) is 0 Å². The molecule has 1 N–H and O–H groups in total. The summed E-state index contributed by atoms with van der Waals surface area (Å²) < 4.78 is 7.15. The summed E-state index contributed by atoms with van der Waals surface area (Å²) in [6.45, 7) is 0.921. The molecule has 1 aromatic heterocycles. The lowest BCUT2D eigenvalue weighted by atomic mass is 9.81. The fraction of sp³-hybridized carbons (Fsp3) is 0.390. The van der Waals surface area contributed by atoms with Crippen LogP contribution in [0.2, 0.25) is 0 Å². The third-order valence-electron chi connectivity index (χ3n) is 11.0. The van der Waals surface area contributed by atoms with Gasteiger partial charge in [0.15, 0.2) is 0 Å². The number of benzene rings is 3. The predicted molar refractivity (Wildman–Crippen MR) is 191 cm³/mol. The fourth-order valence-electron chi connectivity index (χ4n) is 8.45. The van der Waals surface area contributed by atoms with Crippen molar-refractivity contribution in [3.8, 4) is 11.3 Å². The minimum atomic E-state index is -0.933. The fourth-order valence-corrected chi connectivity index (χ4v) is 8.45. The molecule has 2 heterocycles. The second kappa shape index (κ2) is 13.5. The molecule has 0 unspecified atom stereocenters. The van der Waals surface area contributed by atoms with Gasteiger partial charge in [-0.05, 0) is 91.5 Å². The maximum absolute atomic E-state index is 14.4. The van der Waals surface area contributed by atoms with E-state index >= 15 is 0 Å². The molecule has 0 saturated heterocycles. The van der Waals surface area contributed by atoms with Crippen molar-refractivity contribution in [1.82, 2.24) is 9.47 Å². The van der Waals surface area contributed by atoms with Crippen LogP contribution in [0.4, 0.5) is 5.69 Å². The van der Waals surface area contributed by atoms with Gasteiger partial charge < -0.3 is 19.5 Å². The number of aromatic nitrogens is 1. The third-order valence-corrected chi connectivity index (χ3v) is 11.0. The molecule has 3 aliphatic rings. The summed E-state index contributed by atoms with van der Waals surface area (Å²) >= 11 is 0. The molecule has 3 aromatic carbocycles. The lowest BCUT2D eigenvalue weighted by Gasteiger charge is -2.37. The summed E-state index contributed by atoms with van der Waals surface area (Å²) in [5.74, 6) is -0.190. The predicted octanol–water partition coefficient (Wildman–Crippen LogP) is 8.51. The maximum Gasteiger partial charge on any atom is 0.330 e. The molecule has 48 heavy (non-hydrogen) atoms. The summed E-state index contributed by atoms with van der Waals surface area (Å²) in [6.07, 6.45) is 14.4. The van der Waals surface area contributed by atoms with Gasteiger partial charge in [0.1, 0.15) is 5.54 Å². The van der Waals surface area contributed by atoms with Crippen molar-refractivity contribution in [3.63, 3.8) is 0 Å². The van der Waals surface area contributed by atoms with E-state index in [0.717, 1.165) is 43.3 Å². The maximum atomic E-state index is 14.4. The Morgan fingerprint density at radius 3 is 2.42 bits per heavy atom. The number of ether oxygens (including phenoxy) is 1. The number of fused-ring (bicyclic) bond motifs is 5. The quantitative estimate of drug-likeness (QED) is 0.162. The van der Waals surface area contributed by atoms with Crippen molar-refractivity contribution >= 4 is 40.4 Å². The zero-order valence-electron chi connectivity index (χ0n) is 28.1. The van der Waals surface area contributed by atoms with Crippen LogP contribution in [-0.4, -0.2) is 46.9 Å². The number of nitrogens with one attached hydrogen (secondary N) is 1. The van der Waals surface area contributed by atoms with Gasteiger partial charge in [0.05, 0.1) is 12.8 Å². The molecule has 2 aliphatic carbocycles. The van der Waals surface area contributed by atoms with E-state index in [2.05, 4.69) is 51.0 Å². The lowest BCUT2D eigenvalue weighted by Crippen LogP contribution is -2.55. The van der Waals surface area contributed by atoms with Crippen LogP contribution in [0.1, 0.15) is 97.2 Å². The van der Waals surface area contributed by atoms with Crippen molar-refractivity contribution in [2.45, 2.75) is 88.6 Å². The van der Waals surface area contributed by atoms with Gasteiger partial charge in [-0.1, -0.05) is 74.6 Å². The van der Waals surface area contributed by atoms with Crippen LogP contribution in [0.25, 0.3) is 28.2 Å². The number of anilines is 1. The number of aryl methyl sites for hydroxylation is 2. The van der Waals surface area contributed by atoms with Crippen molar-refractivity contribution in [2.75, 3.05) is 19.5 Å². The van der Waals surface area contributed by atoms with Gasteiger partial charge in [-0.2, -0.15) is 0 Å². The molecule has 0 spiro atoms. The van der Waals surface area contributed by atoms with Gasteiger partial charge in [0.25, 0.3) is 5.91 Å². The highest BCUT2D eigenvalue weighted by Crippen LogP contribution is 2.46. The van der Waals surface area contributed by atoms with Crippen LogP contribution >= 0.6 is 0 Å². The monoisotopic (exact) mass is 643 g/mol. The highest BCUT2D eigenvalue weighted by molar-refractivity contribution is 6.06. The van der Waals surface area contributed by atoms with Gasteiger partial charge in [-0.3, -0.25) is 9.59 Å². The molecule has 2 fully saturated rings. The Morgan fingerprint density at radius 1 is 0.917 bits per heavy atom. The van der Waals surface area contributed by atoms with Gasteiger partial charge in [-0.25, -0.2) is 4.79 Å². The molecular formula is C41H45N3O4. The topological polar surface area (TPSA) is 80.6 Å². The lowest BCUT2D eigenvalue weighted by molar-refractivity contribution is -0.134. The Bertz CT molecular complexity index is 1870. The number of carbonyl (C=O) groups excluding carboxylic acids is 3. The van der Waals surface area contributed by atoms with E-state index < -0.39 is 11.5 Å². The number of hydrogen-bond acceptors (Lipinski definition) is 4. The SMILES string of the molecule is COC(=O)C=Cc1ccc(NC(=O)C2(N(C)C(=O)c3ccc4c(C5CCCCC5)c5n(c4c3)CCCc3ccccc3-5)CCCC2)cc1. The van der Waals surface area contributed by atoms with Gasteiger partial charge >= 0.3 is 5.97 Å². The first-order valence-corrected chi connectivity index (χ1v) is 17.6. The molecule has 2 amide bonds.